The quantitative estimate of drug-likeness (QED) is 0.432. The molecule has 0 aliphatic carbocycles. The molecule has 0 bridgehead atoms. The van der Waals surface area contributed by atoms with E-state index >= 15 is 0 Å². The predicted octanol–water partition coefficient (Wildman–Crippen LogP) is -3.88. The number of rotatable bonds is 2. The van der Waals surface area contributed by atoms with Crippen molar-refractivity contribution >= 4 is 14.9 Å². The molecule has 0 saturated carbocycles. The van der Waals surface area contributed by atoms with Crippen LogP contribution in [0.3, 0.4) is 0 Å². The van der Waals surface area contributed by atoms with Crippen LogP contribution >= 0.6 is 0 Å². The SMILES string of the molecule is CO[SiH2]c1ccc([O-])cc1.[Na+]. The maximum Gasteiger partial charge on any atom is 1.00 e. The Hall–Kier alpha value is 0.197. The minimum absolute atomic E-state index is 0. The Morgan fingerprint density at radius 2 is 1.82 bits per heavy atom. The van der Waals surface area contributed by atoms with Gasteiger partial charge in [0.05, 0.1) is 0 Å². The van der Waals surface area contributed by atoms with E-state index in [0.29, 0.717) is 0 Å². The van der Waals surface area contributed by atoms with Crippen LogP contribution in [-0.2, 0) is 4.43 Å². The second kappa shape index (κ2) is 5.80. The molecule has 0 aliphatic rings. The third-order valence-corrected chi connectivity index (χ3v) is 2.33. The van der Waals surface area contributed by atoms with Crippen LogP contribution < -0.4 is 39.9 Å². The van der Waals surface area contributed by atoms with E-state index in [1.165, 1.54) is 5.19 Å². The van der Waals surface area contributed by atoms with Gasteiger partial charge in [-0.1, -0.05) is 24.3 Å². The van der Waals surface area contributed by atoms with Gasteiger partial charge in [-0.25, -0.2) is 0 Å². The van der Waals surface area contributed by atoms with E-state index in [9.17, 15) is 5.11 Å². The summed E-state index contributed by atoms with van der Waals surface area (Å²) in [7, 11) is 1.14. The van der Waals surface area contributed by atoms with E-state index in [1.807, 2.05) is 12.1 Å². The van der Waals surface area contributed by atoms with E-state index in [-0.39, 0.29) is 35.3 Å². The van der Waals surface area contributed by atoms with Gasteiger partial charge in [0.1, 0.15) is 0 Å². The van der Waals surface area contributed by atoms with Crippen LogP contribution in [0.4, 0.5) is 0 Å². The molecule has 0 spiro atoms. The molecule has 11 heavy (non-hydrogen) atoms. The largest absolute Gasteiger partial charge is 1.00 e. The molecule has 1 rings (SSSR count). The monoisotopic (exact) mass is 176 g/mol. The first-order chi connectivity index (χ1) is 4.83. The van der Waals surface area contributed by atoms with E-state index < -0.39 is 9.76 Å². The molecular weight excluding hydrogens is 167 g/mol. The average molecular weight is 176 g/mol. The van der Waals surface area contributed by atoms with Crippen LogP contribution in [0.2, 0.25) is 0 Å². The van der Waals surface area contributed by atoms with Gasteiger partial charge in [0, 0.05) is 7.11 Å². The van der Waals surface area contributed by atoms with Gasteiger partial charge in [0.15, 0.2) is 9.76 Å². The summed E-state index contributed by atoms with van der Waals surface area (Å²) in [6.07, 6.45) is 0. The zero-order chi connectivity index (χ0) is 7.40. The molecule has 0 aliphatic heterocycles. The molecule has 0 unspecified atom stereocenters. The third-order valence-electron chi connectivity index (χ3n) is 1.23. The van der Waals surface area contributed by atoms with Gasteiger partial charge in [0.2, 0.25) is 0 Å². The third kappa shape index (κ3) is 3.93. The summed E-state index contributed by atoms with van der Waals surface area (Å²) in [5.41, 5.74) is 0. The fourth-order valence-electron chi connectivity index (χ4n) is 0.752. The first kappa shape index (κ1) is 11.2. The Bertz CT molecular complexity index is 200. The van der Waals surface area contributed by atoms with Crippen LogP contribution in [0.5, 0.6) is 5.75 Å². The summed E-state index contributed by atoms with van der Waals surface area (Å²) in [5, 5.41) is 11.8. The van der Waals surface area contributed by atoms with Gasteiger partial charge >= 0.3 is 29.6 Å². The number of hydrogen-bond acceptors (Lipinski definition) is 2. The van der Waals surface area contributed by atoms with Gasteiger partial charge in [-0.3, -0.25) is 0 Å². The normalized spacial score (nSPS) is 9.91. The zero-order valence-electron chi connectivity index (χ0n) is 6.83. The van der Waals surface area contributed by atoms with Crippen molar-refractivity contribution in [2.45, 2.75) is 0 Å². The van der Waals surface area contributed by atoms with E-state index in [4.69, 9.17) is 4.43 Å². The predicted molar refractivity (Wildman–Crippen MR) is 41.1 cm³/mol. The summed E-state index contributed by atoms with van der Waals surface area (Å²) in [6.45, 7) is 0. The van der Waals surface area contributed by atoms with Crippen molar-refractivity contribution in [3.8, 4) is 5.75 Å². The van der Waals surface area contributed by atoms with Crippen molar-refractivity contribution in [3.05, 3.63) is 24.3 Å². The Morgan fingerprint density at radius 1 is 1.27 bits per heavy atom. The summed E-state index contributed by atoms with van der Waals surface area (Å²) < 4.78 is 5.00. The topological polar surface area (TPSA) is 32.3 Å². The molecule has 54 valence electrons. The van der Waals surface area contributed by atoms with Gasteiger partial charge in [0.25, 0.3) is 0 Å². The van der Waals surface area contributed by atoms with Crippen molar-refractivity contribution in [3.63, 3.8) is 0 Å². The van der Waals surface area contributed by atoms with E-state index in [1.54, 1.807) is 19.2 Å². The maximum absolute atomic E-state index is 10.6. The Kier molecular flexibility index (Phi) is 5.90. The molecule has 0 saturated heterocycles. The second-order valence-electron chi connectivity index (χ2n) is 2.08. The van der Waals surface area contributed by atoms with Gasteiger partial charge < -0.3 is 9.53 Å². The molecule has 0 aromatic heterocycles. The summed E-state index contributed by atoms with van der Waals surface area (Å²) in [5.74, 6) is 0.0638. The van der Waals surface area contributed by atoms with Crippen LogP contribution in [0.25, 0.3) is 0 Å². The Morgan fingerprint density at radius 3 is 2.27 bits per heavy atom. The van der Waals surface area contributed by atoms with E-state index in [2.05, 4.69) is 0 Å². The summed E-state index contributed by atoms with van der Waals surface area (Å²) >= 11 is 0. The van der Waals surface area contributed by atoms with Crippen molar-refractivity contribution in [2.24, 2.45) is 0 Å². The fraction of sp³-hybridized carbons (Fsp3) is 0.143. The van der Waals surface area contributed by atoms with Crippen LogP contribution in [0.15, 0.2) is 24.3 Å². The molecule has 1 aromatic carbocycles. The fourth-order valence-corrected chi connectivity index (χ4v) is 1.51. The summed E-state index contributed by atoms with van der Waals surface area (Å²) in [6, 6.07) is 6.80. The van der Waals surface area contributed by atoms with Crippen LogP contribution in [0.1, 0.15) is 0 Å². The standard InChI is InChI=1S/C7H10O2Si.Na/c1-9-10-7-4-2-6(8)3-5-7;/h2-5,8H,10H2,1H3;/q;+1/p-1. The average Bonchev–Trinajstić information content (AvgIpc) is 1.95. The molecule has 0 amide bonds. The molecule has 0 fully saturated rings. The molecule has 0 N–H and O–H groups in total. The molecule has 0 radical (unpaired) electrons. The first-order valence-corrected chi connectivity index (χ1v) is 4.36. The molecule has 0 atom stereocenters. The molecule has 2 nitrogen and oxygen atoms in total. The van der Waals surface area contributed by atoms with Gasteiger partial charge in [-0.15, -0.1) is 5.75 Å². The Labute approximate surface area is 90.8 Å². The van der Waals surface area contributed by atoms with Crippen molar-refractivity contribution in [1.29, 1.82) is 0 Å². The zero-order valence-corrected chi connectivity index (χ0v) is 10.2. The smallest absolute Gasteiger partial charge is 0.872 e. The molecule has 1 aromatic rings. The van der Waals surface area contributed by atoms with Crippen molar-refractivity contribution in [1.82, 2.24) is 0 Å². The van der Waals surface area contributed by atoms with Crippen molar-refractivity contribution < 1.29 is 39.1 Å². The minimum Gasteiger partial charge on any atom is -0.872 e. The van der Waals surface area contributed by atoms with E-state index in [0.717, 1.165) is 0 Å². The van der Waals surface area contributed by atoms with Gasteiger partial charge in [-0.05, 0) is 5.19 Å². The first-order valence-electron chi connectivity index (χ1n) is 3.08. The minimum atomic E-state index is -0.556. The van der Waals surface area contributed by atoms with Gasteiger partial charge in [-0.2, -0.15) is 0 Å². The molecule has 4 heteroatoms. The number of hydrogen-bond donors (Lipinski definition) is 0. The Balaban J connectivity index is 0.000001000. The number of benzene rings is 1. The maximum atomic E-state index is 10.6. The second-order valence-corrected chi connectivity index (χ2v) is 3.76. The molecular formula is C7H9NaO2Si. The summed E-state index contributed by atoms with van der Waals surface area (Å²) in [4.78, 5) is 0. The van der Waals surface area contributed by atoms with Crippen LogP contribution in [-0.4, -0.2) is 16.9 Å². The van der Waals surface area contributed by atoms with Crippen molar-refractivity contribution in [2.75, 3.05) is 7.11 Å². The van der Waals surface area contributed by atoms with Crippen LogP contribution in [0, 0.1) is 0 Å². The molecule has 0 heterocycles.